The van der Waals surface area contributed by atoms with Gasteiger partial charge in [0.15, 0.2) is 5.65 Å². The molecule has 1 saturated carbocycles. The van der Waals surface area contributed by atoms with Crippen molar-refractivity contribution < 1.29 is 0 Å². The molecular weight excluding hydrogens is 250 g/mol. The Kier molecular flexibility index (Phi) is 3.44. The van der Waals surface area contributed by atoms with Gasteiger partial charge in [-0.05, 0) is 31.1 Å². The largest absolute Gasteiger partial charge is 0.369 e. The van der Waals surface area contributed by atoms with Crippen molar-refractivity contribution >= 4 is 17.1 Å². The van der Waals surface area contributed by atoms with Crippen molar-refractivity contribution in [3.8, 4) is 0 Å². The minimum atomic E-state index is 0.643. The number of nitrogen functional groups attached to an aromatic ring is 1. The van der Waals surface area contributed by atoms with Crippen LogP contribution in [0.5, 0.6) is 0 Å². The summed E-state index contributed by atoms with van der Waals surface area (Å²) in [5.41, 5.74) is 9.32. The van der Waals surface area contributed by atoms with E-state index in [0.717, 1.165) is 48.1 Å². The average molecular weight is 275 g/mol. The minimum absolute atomic E-state index is 0.643. The van der Waals surface area contributed by atoms with Crippen molar-refractivity contribution in [3.63, 3.8) is 0 Å². The molecule has 2 aromatic heterocycles. The number of imidazole rings is 1. The lowest BCUT2D eigenvalue weighted by Gasteiger charge is -2.12. The highest BCUT2D eigenvalue weighted by atomic mass is 15.3. The number of anilines is 1. The molecule has 1 aliphatic carbocycles. The molecule has 2 unspecified atom stereocenters. The number of hydrogen-bond donors (Lipinski definition) is 1. The summed E-state index contributed by atoms with van der Waals surface area (Å²) in [7, 11) is 2.00. The summed E-state index contributed by atoms with van der Waals surface area (Å²) < 4.78 is 4.12. The third kappa shape index (κ3) is 2.19. The number of aryl methyl sites for hydroxylation is 2. The zero-order chi connectivity index (χ0) is 14.3. The quantitative estimate of drug-likeness (QED) is 0.933. The van der Waals surface area contributed by atoms with Crippen LogP contribution in [0.25, 0.3) is 11.2 Å². The van der Waals surface area contributed by atoms with E-state index in [-0.39, 0.29) is 0 Å². The lowest BCUT2D eigenvalue weighted by molar-refractivity contribution is 0.446. The van der Waals surface area contributed by atoms with E-state index in [1.807, 2.05) is 11.7 Å². The van der Waals surface area contributed by atoms with Crippen molar-refractivity contribution in [2.24, 2.45) is 18.9 Å². The molecule has 0 bridgehead atoms. The zero-order valence-corrected chi connectivity index (χ0v) is 12.8. The molecule has 5 nitrogen and oxygen atoms in total. The van der Waals surface area contributed by atoms with Gasteiger partial charge < -0.3 is 5.73 Å². The molecule has 2 aromatic rings. The van der Waals surface area contributed by atoms with Gasteiger partial charge in [0.05, 0.1) is 5.69 Å². The van der Waals surface area contributed by atoms with Crippen LogP contribution in [-0.4, -0.2) is 19.3 Å². The highest BCUT2D eigenvalue weighted by Gasteiger charge is 2.25. The van der Waals surface area contributed by atoms with Crippen molar-refractivity contribution in [3.05, 3.63) is 5.69 Å². The first kappa shape index (κ1) is 13.5. The van der Waals surface area contributed by atoms with Gasteiger partial charge in [-0.15, -0.1) is 0 Å². The van der Waals surface area contributed by atoms with E-state index >= 15 is 0 Å². The summed E-state index contributed by atoms with van der Waals surface area (Å²) in [6.45, 7) is 5.49. The molecule has 20 heavy (non-hydrogen) atoms. The molecular formula is C15H25N5. The van der Waals surface area contributed by atoms with Gasteiger partial charge in [0.25, 0.3) is 0 Å². The lowest BCUT2D eigenvalue weighted by Crippen LogP contribution is -2.12. The summed E-state index contributed by atoms with van der Waals surface area (Å²) >= 11 is 0. The molecule has 0 radical (unpaired) electrons. The fourth-order valence-electron chi connectivity index (χ4n) is 3.59. The van der Waals surface area contributed by atoms with Gasteiger partial charge in [-0.3, -0.25) is 9.25 Å². The number of fused-ring (bicyclic) bond motifs is 1. The van der Waals surface area contributed by atoms with Gasteiger partial charge >= 0.3 is 0 Å². The highest BCUT2D eigenvalue weighted by Crippen LogP contribution is 2.33. The number of aromatic nitrogens is 4. The molecule has 3 rings (SSSR count). The van der Waals surface area contributed by atoms with E-state index < -0.39 is 0 Å². The van der Waals surface area contributed by atoms with Gasteiger partial charge in [0.1, 0.15) is 5.52 Å². The van der Waals surface area contributed by atoms with Gasteiger partial charge in [-0.1, -0.05) is 26.7 Å². The molecule has 1 aliphatic rings. The molecule has 2 atom stereocenters. The maximum Gasteiger partial charge on any atom is 0.202 e. The minimum Gasteiger partial charge on any atom is -0.369 e. The summed E-state index contributed by atoms with van der Waals surface area (Å²) in [6.07, 6.45) is 6.00. The van der Waals surface area contributed by atoms with Gasteiger partial charge in [-0.25, -0.2) is 4.98 Å². The van der Waals surface area contributed by atoms with Gasteiger partial charge in [0, 0.05) is 13.6 Å². The molecule has 110 valence electrons. The van der Waals surface area contributed by atoms with Crippen LogP contribution < -0.4 is 5.73 Å². The van der Waals surface area contributed by atoms with Gasteiger partial charge in [-0.2, -0.15) is 5.10 Å². The monoisotopic (exact) mass is 275 g/mol. The standard InChI is InChI=1S/C15H25N5/c1-4-5-12-13-14(19(3)18-12)20(15(16)17-13)9-11-7-6-10(2)8-11/h10-11H,4-9H2,1-3H3,(H2,16,17). The first-order valence-corrected chi connectivity index (χ1v) is 7.77. The molecule has 5 heteroatoms. The number of hydrogen-bond acceptors (Lipinski definition) is 3. The lowest BCUT2D eigenvalue weighted by atomic mass is 10.1. The second-order valence-electron chi connectivity index (χ2n) is 6.36. The molecule has 2 N–H and O–H groups in total. The first-order valence-electron chi connectivity index (χ1n) is 7.77. The molecule has 0 saturated heterocycles. The Balaban J connectivity index is 1.95. The van der Waals surface area contributed by atoms with Crippen LogP contribution in [0.2, 0.25) is 0 Å². The number of nitrogens with two attached hydrogens (primary N) is 1. The van der Waals surface area contributed by atoms with Crippen LogP contribution >= 0.6 is 0 Å². The van der Waals surface area contributed by atoms with Crippen LogP contribution in [0, 0.1) is 11.8 Å². The molecule has 0 aliphatic heterocycles. The normalized spacial score (nSPS) is 22.9. The van der Waals surface area contributed by atoms with Crippen molar-refractivity contribution in [2.45, 2.75) is 52.5 Å². The smallest absolute Gasteiger partial charge is 0.202 e. The van der Waals surface area contributed by atoms with E-state index in [0.29, 0.717) is 5.95 Å². The van der Waals surface area contributed by atoms with E-state index in [1.165, 1.54) is 19.3 Å². The van der Waals surface area contributed by atoms with E-state index in [2.05, 4.69) is 28.5 Å². The Labute approximate surface area is 120 Å². The molecule has 0 amide bonds. The Morgan fingerprint density at radius 1 is 1.35 bits per heavy atom. The third-order valence-electron chi connectivity index (χ3n) is 4.55. The zero-order valence-electron chi connectivity index (χ0n) is 12.8. The first-order chi connectivity index (χ1) is 9.60. The summed E-state index contributed by atoms with van der Waals surface area (Å²) in [4.78, 5) is 4.57. The Morgan fingerprint density at radius 2 is 2.15 bits per heavy atom. The maximum atomic E-state index is 6.16. The van der Waals surface area contributed by atoms with Crippen molar-refractivity contribution in [1.29, 1.82) is 0 Å². The summed E-state index contributed by atoms with van der Waals surface area (Å²) in [5.74, 6) is 2.22. The van der Waals surface area contributed by atoms with Crippen molar-refractivity contribution in [1.82, 2.24) is 19.3 Å². The van der Waals surface area contributed by atoms with E-state index in [1.54, 1.807) is 0 Å². The Morgan fingerprint density at radius 3 is 2.80 bits per heavy atom. The summed E-state index contributed by atoms with van der Waals surface area (Å²) in [5, 5.41) is 4.61. The second-order valence-corrected chi connectivity index (χ2v) is 6.36. The van der Waals surface area contributed by atoms with Gasteiger partial charge in [0.2, 0.25) is 5.95 Å². The van der Waals surface area contributed by atoms with E-state index in [9.17, 15) is 0 Å². The predicted molar refractivity (Wildman–Crippen MR) is 81.4 cm³/mol. The molecule has 2 heterocycles. The molecule has 0 spiro atoms. The highest BCUT2D eigenvalue weighted by molar-refractivity contribution is 5.77. The van der Waals surface area contributed by atoms with Crippen molar-refractivity contribution in [2.75, 3.05) is 5.73 Å². The predicted octanol–water partition coefficient (Wildman–Crippen LogP) is 2.74. The number of rotatable bonds is 4. The summed E-state index contributed by atoms with van der Waals surface area (Å²) in [6, 6.07) is 0. The Bertz CT molecular complexity index is 609. The van der Waals surface area contributed by atoms with E-state index in [4.69, 9.17) is 5.73 Å². The second kappa shape index (κ2) is 5.11. The Hall–Kier alpha value is -1.52. The fraction of sp³-hybridized carbons (Fsp3) is 0.733. The van der Waals surface area contributed by atoms with Crippen LogP contribution in [0.15, 0.2) is 0 Å². The van der Waals surface area contributed by atoms with Crippen LogP contribution in [0.3, 0.4) is 0 Å². The average Bonchev–Trinajstić information content (AvgIpc) is 3.02. The maximum absolute atomic E-state index is 6.16. The molecule has 1 fully saturated rings. The van der Waals surface area contributed by atoms with Crippen LogP contribution in [0.1, 0.15) is 45.2 Å². The topological polar surface area (TPSA) is 61.7 Å². The third-order valence-corrected chi connectivity index (χ3v) is 4.55. The number of nitrogens with zero attached hydrogens (tertiary/aromatic N) is 4. The van der Waals surface area contributed by atoms with Crippen LogP contribution in [0.4, 0.5) is 5.95 Å². The van der Waals surface area contributed by atoms with Crippen LogP contribution in [-0.2, 0) is 20.0 Å². The SMILES string of the molecule is CCCc1nn(C)c2c1nc(N)n2CC1CCC(C)C1. The molecule has 0 aromatic carbocycles. The fourth-order valence-corrected chi connectivity index (χ4v) is 3.59.